The van der Waals surface area contributed by atoms with Gasteiger partial charge in [-0.25, -0.2) is 4.39 Å². The van der Waals surface area contributed by atoms with E-state index in [0.717, 1.165) is 12.1 Å². The van der Waals surface area contributed by atoms with Gasteiger partial charge in [0.25, 0.3) is 5.91 Å². The van der Waals surface area contributed by atoms with Gasteiger partial charge in [0.1, 0.15) is 17.0 Å². The summed E-state index contributed by atoms with van der Waals surface area (Å²) in [5.41, 5.74) is -0.936. The second kappa shape index (κ2) is 7.88. The van der Waals surface area contributed by atoms with E-state index in [0.29, 0.717) is 10.4 Å². The zero-order valence-electron chi connectivity index (χ0n) is 15.5. The number of ether oxygens (including phenoxy) is 2. The van der Waals surface area contributed by atoms with Crippen LogP contribution in [0, 0.1) is 5.82 Å². The Labute approximate surface area is 181 Å². The molecule has 1 unspecified atom stereocenters. The molecule has 1 aliphatic rings. The van der Waals surface area contributed by atoms with Gasteiger partial charge in [-0.05, 0) is 57.9 Å². The second-order valence-electron chi connectivity index (χ2n) is 6.60. The quantitative estimate of drug-likeness (QED) is 0.514. The number of furan rings is 1. The van der Waals surface area contributed by atoms with E-state index in [-0.39, 0.29) is 30.0 Å². The van der Waals surface area contributed by atoms with Crippen LogP contribution in [0.25, 0.3) is 0 Å². The zero-order valence-corrected chi connectivity index (χ0v) is 17.1. The molecule has 162 valence electrons. The predicted octanol–water partition coefficient (Wildman–Crippen LogP) is 4.93. The minimum Gasteiger partial charge on any atom is -0.491 e. The molecule has 0 bridgehead atoms. The lowest BCUT2D eigenvalue weighted by Gasteiger charge is -2.38. The summed E-state index contributed by atoms with van der Waals surface area (Å²) in [5, 5.41) is 2.80. The van der Waals surface area contributed by atoms with Gasteiger partial charge >= 0.3 is 6.36 Å². The average Bonchev–Trinajstić information content (AvgIpc) is 3.15. The molecule has 0 radical (unpaired) electrons. The molecule has 11 heteroatoms. The number of carbonyl (C=O) groups is 1. The predicted molar refractivity (Wildman–Crippen MR) is 102 cm³/mol. The Kier molecular flexibility index (Phi) is 5.38. The fraction of sp³-hybridized carbons (Fsp3) is 0.200. The monoisotopic (exact) mass is 500 g/mol. The number of nitrogens with one attached hydrogen (secondary N) is 1. The van der Waals surface area contributed by atoms with Crippen molar-refractivity contribution in [3.63, 3.8) is 0 Å². The van der Waals surface area contributed by atoms with E-state index < -0.39 is 29.4 Å². The molecule has 1 aromatic carbocycles. The number of alkyl halides is 3. The summed E-state index contributed by atoms with van der Waals surface area (Å²) in [6.07, 6.45) is -3.44. The van der Waals surface area contributed by atoms with Crippen molar-refractivity contribution in [2.45, 2.75) is 18.3 Å². The van der Waals surface area contributed by atoms with E-state index in [4.69, 9.17) is 9.15 Å². The molecule has 1 atom stereocenters. The van der Waals surface area contributed by atoms with Gasteiger partial charge in [-0.1, -0.05) is 6.07 Å². The van der Waals surface area contributed by atoms with E-state index in [9.17, 15) is 22.4 Å². The molecule has 2 aromatic heterocycles. The molecule has 0 fully saturated rings. The van der Waals surface area contributed by atoms with Crippen molar-refractivity contribution in [3.05, 3.63) is 76.2 Å². The minimum absolute atomic E-state index is 0.0206. The van der Waals surface area contributed by atoms with Gasteiger partial charge in [0.2, 0.25) is 0 Å². The van der Waals surface area contributed by atoms with Crippen LogP contribution in [0.2, 0.25) is 0 Å². The summed E-state index contributed by atoms with van der Waals surface area (Å²) in [6, 6.07) is 9.20. The molecule has 0 spiro atoms. The molecule has 31 heavy (non-hydrogen) atoms. The number of nitrogens with zero attached hydrogens (tertiary/aromatic N) is 1. The van der Waals surface area contributed by atoms with E-state index in [1.165, 1.54) is 24.4 Å². The minimum atomic E-state index is -5.05. The Morgan fingerprint density at radius 2 is 2.03 bits per heavy atom. The second-order valence-corrected chi connectivity index (χ2v) is 7.39. The van der Waals surface area contributed by atoms with Gasteiger partial charge in [-0.2, -0.15) is 0 Å². The largest absolute Gasteiger partial charge is 0.573 e. The molecule has 3 aromatic rings. The molecular weight excluding hydrogens is 488 g/mol. The normalized spacial score (nSPS) is 18.1. The van der Waals surface area contributed by atoms with Crippen LogP contribution in [-0.2, 0) is 5.54 Å². The molecule has 1 aliphatic heterocycles. The number of rotatable bonds is 4. The summed E-state index contributed by atoms with van der Waals surface area (Å²) in [5.74, 6) is -2.52. The third kappa shape index (κ3) is 4.22. The van der Waals surface area contributed by atoms with Gasteiger partial charge < -0.3 is 19.2 Å². The number of carbonyl (C=O) groups excluding carboxylic acids is 1. The van der Waals surface area contributed by atoms with Crippen molar-refractivity contribution in [3.8, 4) is 11.5 Å². The highest BCUT2D eigenvalue weighted by atomic mass is 79.9. The molecule has 0 saturated heterocycles. The molecule has 3 heterocycles. The van der Waals surface area contributed by atoms with Crippen LogP contribution in [0.5, 0.6) is 11.5 Å². The van der Waals surface area contributed by atoms with Crippen molar-refractivity contribution >= 4 is 21.8 Å². The Morgan fingerprint density at radius 1 is 1.23 bits per heavy atom. The van der Waals surface area contributed by atoms with Gasteiger partial charge in [-0.15, -0.1) is 13.2 Å². The van der Waals surface area contributed by atoms with Gasteiger partial charge in [-0.3, -0.25) is 9.78 Å². The van der Waals surface area contributed by atoms with Crippen LogP contribution in [0.4, 0.5) is 17.6 Å². The first-order valence-electron chi connectivity index (χ1n) is 8.90. The lowest BCUT2D eigenvalue weighted by atomic mass is 9.81. The lowest BCUT2D eigenvalue weighted by molar-refractivity contribution is -0.275. The smallest absolute Gasteiger partial charge is 0.491 e. The van der Waals surface area contributed by atoms with Crippen LogP contribution < -0.4 is 14.8 Å². The topological polar surface area (TPSA) is 73.6 Å². The Balaban J connectivity index is 1.81. The fourth-order valence-corrected chi connectivity index (χ4v) is 3.71. The van der Waals surface area contributed by atoms with Crippen molar-refractivity contribution in [1.82, 2.24) is 10.3 Å². The molecule has 6 nitrogen and oxygen atoms in total. The van der Waals surface area contributed by atoms with Crippen LogP contribution in [0.1, 0.15) is 28.2 Å². The molecule has 1 N–H and O–H groups in total. The maximum atomic E-state index is 14.5. The highest BCUT2D eigenvalue weighted by Crippen LogP contribution is 2.42. The Bertz CT molecular complexity index is 1130. The maximum absolute atomic E-state index is 14.5. The summed E-state index contributed by atoms with van der Waals surface area (Å²) in [4.78, 5) is 17.2. The number of fused-ring (bicyclic) bond motifs is 1. The van der Waals surface area contributed by atoms with E-state index >= 15 is 0 Å². The molecular formula is C20H13BrF4N2O4. The van der Waals surface area contributed by atoms with Crippen molar-refractivity contribution in [2.24, 2.45) is 0 Å². The molecule has 4 rings (SSSR count). The van der Waals surface area contributed by atoms with Crippen LogP contribution in [0.3, 0.4) is 0 Å². The van der Waals surface area contributed by atoms with Crippen LogP contribution in [-0.4, -0.2) is 23.9 Å². The first-order chi connectivity index (χ1) is 14.7. The fourth-order valence-electron chi connectivity index (χ4n) is 3.40. The maximum Gasteiger partial charge on any atom is 0.573 e. The lowest BCUT2D eigenvalue weighted by Crippen LogP contribution is -2.50. The Hall–Kier alpha value is -3.08. The average molecular weight is 501 g/mol. The highest BCUT2D eigenvalue weighted by molar-refractivity contribution is 9.10. The van der Waals surface area contributed by atoms with Crippen LogP contribution >= 0.6 is 15.9 Å². The number of halogens is 5. The number of pyridine rings is 1. The van der Waals surface area contributed by atoms with E-state index in [1.54, 1.807) is 12.1 Å². The number of hydrogen-bond acceptors (Lipinski definition) is 5. The van der Waals surface area contributed by atoms with Crippen molar-refractivity contribution < 1.29 is 36.2 Å². The molecule has 0 aliphatic carbocycles. The number of hydrogen-bond donors (Lipinski definition) is 1. The number of amides is 1. The van der Waals surface area contributed by atoms with Gasteiger partial charge in [0.15, 0.2) is 22.0 Å². The first-order valence-corrected chi connectivity index (χ1v) is 9.69. The van der Waals surface area contributed by atoms with E-state index in [2.05, 4.69) is 31.0 Å². The zero-order chi connectivity index (χ0) is 22.2. The summed E-state index contributed by atoms with van der Waals surface area (Å²) in [6.45, 7) is 0.142. The summed E-state index contributed by atoms with van der Waals surface area (Å²) in [7, 11) is 0. The molecule has 1 amide bonds. The third-order valence-corrected chi connectivity index (χ3v) is 5.11. The first kappa shape index (κ1) is 21.2. The SMILES string of the molecule is O=C(NC1(c2ccc(OC(F)(F)F)c(F)c2)CCOc2cccnc21)c1ccc(Br)o1. The standard InChI is InChI=1S/C20H13BrF4N2O4/c21-16-6-5-15(30-16)18(28)27-19(7-9-29-14-2-1-8-26-17(14)19)11-3-4-13(12(22)10-11)31-20(23,24)25/h1-6,8,10H,7,9H2,(H,27,28). The highest BCUT2D eigenvalue weighted by Gasteiger charge is 2.43. The Morgan fingerprint density at radius 3 is 2.71 bits per heavy atom. The third-order valence-electron chi connectivity index (χ3n) is 4.68. The van der Waals surface area contributed by atoms with Crippen molar-refractivity contribution in [1.29, 1.82) is 0 Å². The number of aromatic nitrogens is 1. The van der Waals surface area contributed by atoms with Crippen LogP contribution in [0.15, 0.2) is 57.7 Å². The van der Waals surface area contributed by atoms with Gasteiger partial charge in [0.05, 0.1) is 6.61 Å². The summed E-state index contributed by atoms with van der Waals surface area (Å²) < 4.78 is 67.0. The number of benzene rings is 1. The molecule has 0 saturated carbocycles. The van der Waals surface area contributed by atoms with Gasteiger partial charge in [0, 0.05) is 12.6 Å². The van der Waals surface area contributed by atoms with Crippen molar-refractivity contribution in [2.75, 3.05) is 6.61 Å². The summed E-state index contributed by atoms with van der Waals surface area (Å²) >= 11 is 3.12. The van der Waals surface area contributed by atoms with E-state index in [1.807, 2.05) is 0 Å².